The van der Waals surface area contributed by atoms with Crippen LogP contribution in [0.2, 0.25) is 5.02 Å². The lowest BCUT2D eigenvalue weighted by atomic mass is 10.2. The van der Waals surface area contributed by atoms with Gasteiger partial charge in [-0.3, -0.25) is 4.79 Å². The fraction of sp³-hybridized carbons (Fsp3) is 0.190. The minimum Gasteiger partial charge on any atom is -0.337 e. The molecular weight excluding hydrogens is 362 g/mol. The molecule has 0 saturated carbocycles. The molecule has 5 nitrogen and oxygen atoms in total. The first-order chi connectivity index (χ1) is 13.2. The van der Waals surface area contributed by atoms with Gasteiger partial charge < -0.3 is 9.42 Å². The van der Waals surface area contributed by atoms with Crippen LogP contribution in [0.1, 0.15) is 24.8 Å². The molecule has 138 valence electrons. The van der Waals surface area contributed by atoms with Gasteiger partial charge in [-0.2, -0.15) is 4.98 Å². The number of carbonyl (C=O) groups excluding carboxylic acids is 1. The summed E-state index contributed by atoms with van der Waals surface area (Å²) >= 11 is 5.90. The van der Waals surface area contributed by atoms with Gasteiger partial charge in [0.25, 0.3) is 0 Å². The van der Waals surface area contributed by atoms with Crippen molar-refractivity contribution < 1.29 is 9.32 Å². The monoisotopic (exact) mass is 381 g/mol. The maximum atomic E-state index is 12.6. The molecule has 0 bridgehead atoms. The third kappa shape index (κ3) is 5.28. The van der Waals surface area contributed by atoms with E-state index in [0.717, 1.165) is 17.5 Å². The van der Waals surface area contributed by atoms with Crippen molar-refractivity contribution in [1.29, 1.82) is 0 Å². The standard InChI is InChI=1S/C21H20ClN3O2/c1-2-14-25(20(26)13-8-16-6-4-3-5-7-16)15-19-23-21(24-27-19)17-9-11-18(22)12-10-17/h3-13H,2,14-15H2,1H3. The zero-order chi connectivity index (χ0) is 19.1. The molecule has 3 rings (SSSR count). The molecule has 0 spiro atoms. The van der Waals surface area contributed by atoms with Crippen LogP contribution in [0.15, 0.2) is 65.2 Å². The zero-order valence-corrected chi connectivity index (χ0v) is 15.8. The Bertz CT molecular complexity index is 905. The molecule has 0 radical (unpaired) electrons. The van der Waals surface area contributed by atoms with Gasteiger partial charge in [0, 0.05) is 23.2 Å². The zero-order valence-electron chi connectivity index (χ0n) is 15.0. The topological polar surface area (TPSA) is 59.2 Å². The molecule has 1 heterocycles. The number of amides is 1. The Morgan fingerprint density at radius 1 is 1.15 bits per heavy atom. The van der Waals surface area contributed by atoms with Crippen molar-refractivity contribution >= 4 is 23.6 Å². The van der Waals surface area contributed by atoms with Crippen LogP contribution in [0, 0.1) is 0 Å². The van der Waals surface area contributed by atoms with Crippen LogP contribution in [-0.2, 0) is 11.3 Å². The molecule has 0 atom stereocenters. The van der Waals surface area contributed by atoms with Crippen molar-refractivity contribution in [2.45, 2.75) is 19.9 Å². The fourth-order valence-corrected chi connectivity index (χ4v) is 2.70. The number of benzene rings is 2. The molecular formula is C21H20ClN3O2. The smallest absolute Gasteiger partial charge is 0.247 e. The molecule has 0 aliphatic rings. The highest BCUT2D eigenvalue weighted by atomic mass is 35.5. The van der Waals surface area contributed by atoms with Gasteiger partial charge >= 0.3 is 0 Å². The fourth-order valence-electron chi connectivity index (χ4n) is 2.57. The highest BCUT2D eigenvalue weighted by Gasteiger charge is 2.16. The largest absolute Gasteiger partial charge is 0.337 e. The Morgan fingerprint density at radius 3 is 2.59 bits per heavy atom. The summed E-state index contributed by atoms with van der Waals surface area (Å²) < 4.78 is 5.33. The Morgan fingerprint density at radius 2 is 1.89 bits per heavy atom. The van der Waals surface area contributed by atoms with Crippen LogP contribution in [0.25, 0.3) is 17.5 Å². The molecule has 0 N–H and O–H groups in total. The van der Waals surface area contributed by atoms with Crippen molar-refractivity contribution in [3.8, 4) is 11.4 Å². The maximum absolute atomic E-state index is 12.6. The highest BCUT2D eigenvalue weighted by molar-refractivity contribution is 6.30. The number of aromatic nitrogens is 2. The predicted octanol–water partition coefficient (Wildman–Crippen LogP) is 4.84. The average Bonchev–Trinajstić information content (AvgIpc) is 3.16. The van der Waals surface area contributed by atoms with Crippen molar-refractivity contribution in [1.82, 2.24) is 15.0 Å². The Balaban J connectivity index is 1.70. The summed E-state index contributed by atoms with van der Waals surface area (Å²) in [6, 6.07) is 16.9. The molecule has 6 heteroatoms. The lowest BCUT2D eigenvalue weighted by Gasteiger charge is -2.18. The Kier molecular flexibility index (Phi) is 6.39. The van der Waals surface area contributed by atoms with E-state index in [1.807, 2.05) is 49.4 Å². The number of nitrogens with zero attached hydrogens (tertiary/aromatic N) is 3. The van der Waals surface area contributed by atoms with Crippen LogP contribution in [-0.4, -0.2) is 27.5 Å². The average molecular weight is 382 g/mol. The summed E-state index contributed by atoms with van der Waals surface area (Å²) in [5.41, 5.74) is 1.79. The van der Waals surface area contributed by atoms with E-state index in [-0.39, 0.29) is 12.5 Å². The van der Waals surface area contributed by atoms with Crippen molar-refractivity contribution in [3.05, 3.63) is 77.2 Å². The number of hydrogen-bond donors (Lipinski definition) is 0. The number of carbonyl (C=O) groups is 1. The summed E-state index contributed by atoms with van der Waals surface area (Å²) in [6.45, 7) is 2.90. The van der Waals surface area contributed by atoms with Crippen molar-refractivity contribution in [2.75, 3.05) is 6.54 Å². The number of halogens is 1. The second-order valence-electron chi connectivity index (χ2n) is 6.02. The van der Waals surface area contributed by atoms with E-state index in [1.54, 1.807) is 29.2 Å². The molecule has 0 fully saturated rings. The summed E-state index contributed by atoms with van der Waals surface area (Å²) in [5, 5.41) is 4.64. The number of hydrogen-bond acceptors (Lipinski definition) is 4. The van der Waals surface area contributed by atoms with Gasteiger partial charge in [-0.25, -0.2) is 0 Å². The molecule has 0 aliphatic carbocycles. The minimum absolute atomic E-state index is 0.0908. The highest BCUT2D eigenvalue weighted by Crippen LogP contribution is 2.19. The first kappa shape index (κ1) is 18.9. The molecule has 0 aliphatic heterocycles. The lowest BCUT2D eigenvalue weighted by molar-refractivity contribution is -0.126. The molecule has 3 aromatic rings. The summed E-state index contributed by atoms with van der Waals surface area (Å²) in [7, 11) is 0. The van der Waals surface area contributed by atoms with E-state index in [2.05, 4.69) is 10.1 Å². The lowest BCUT2D eigenvalue weighted by Crippen LogP contribution is -2.29. The van der Waals surface area contributed by atoms with Gasteiger partial charge in [0.05, 0.1) is 0 Å². The van der Waals surface area contributed by atoms with Gasteiger partial charge in [-0.05, 0) is 42.3 Å². The van der Waals surface area contributed by atoms with Gasteiger partial charge in [-0.1, -0.05) is 54.0 Å². The Hall–Kier alpha value is -2.92. The Labute approximate surface area is 163 Å². The number of rotatable bonds is 7. The van der Waals surface area contributed by atoms with Gasteiger partial charge in [0.15, 0.2) is 0 Å². The van der Waals surface area contributed by atoms with E-state index < -0.39 is 0 Å². The van der Waals surface area contributed by atoms with Crippen LogP contribution < -0.4 is 0 Å². The van der Waals surface area contributed by atoms with E-state index in [4.69, 9.17) is 16.1 Å². The van der Waals surface area contributed by atoms with E-state index in [0.29, 0.717) is 23.3 Å². The summed E-state index contributed by atoms with van der Waals surface area (Å²) in [6.07, 6.45) is 4.21. The molecule has 2 aromatic carbocycles. The van der Waals surface area contributed by atoms with Gasteiger partial charge in [-0.15, -0.1) is 0 Å². The predicted molar refractivity (Wildman–Crippen MR) is 106 cm³/mol. The normalized spacial score (nSPS) is 11.0. The van der Waals surface area contributed by atoms with Crippen molar-refractivity contribution in [3.63, 3.8) is 0 Å². The minimum atomic E-state index is -0.0908. The third-order valence-corrected chi connectivity index (χ3v) is 4.17. The van der Waals surface area contributed by atoms with Crippen LogP contribution in [0.4, 0.5) is 0 Å². The second-order valence-corrected chi connectivity index (χ2v) is 6.46. The summed E-state index contributed by atoms with van der Waals surface area (Å²) in [4.78, 5) is 18.6. The SMILES string of the molecule is CCCN(Cc1nc(-c2ccc(Cl)cc2)no1)C(=O)C=Cc1ccccc1. The van der Waals surface area contributed by atoms with Crippen molar-refractivity contribution in [2.24, 2.45) is 0 Å². The van der Waals surface area contributed by atoms with E-state index in [9.17, 15) is 4.79 Å². The van der Waals surface area contributed by atoms with Crippen LogP contribution >= 0.6 is 11.6 Å². The molecule has 0 unspecified atom stereocenters. The van der Waals surface area contributed by atoms with Crippen LogP contribution in [0.3, 0.4) is 0 Å². The van der Waals surface area contributed by atoms with E-state index in [1.165, 1.54) is 0 Å². The first-order valence-corrected chi connectivity index (χ1v) is 9.14. The molecule has 1 aromatic heterocycles. The first-order valence-electron chi connectivity index (χ1n) is 8.76. The molecule has 1 amide bonds. The molecule has 27 heavy (non-hydrogen) atoms. The maximum Gasteiger partial charge on any atom is 0.247 e. The second kappa shape index (κ2) is 9.14. The van der Waals surface area contributed by atoms with Crippen LogP contribution in [0.5, 0.6) is 0 Å². The molecule has 0 saturated heterocycles. The van der Waals surface area contributed by atoms with E-state index >= 15 is 0 Å². The third-order valence-electron chi connectivity index (χ3n) is 3.92. The van der Waals surface area contributed by atoms with Gasteiger partial charge in [0.2, 0.25) is 17.6 Å². The summed E-state index contributed by atoms with van der Waals surface area (Å²) in [5.74, 6) is 0.784. The quantitative estimate of drug-likeness (QED) is 0.549. The van der Waals surface area contributed by atoms with Gasteiger partial charge in [0.1, 0.15) is 6.54 Å².